The van der Waals surface area contributed by atoms with E-state index in [1.807, 2.05) is 6.08 Å². The fourth-order valence-electron chi connectivity index (χ4n) is 6.65. The fourth-order valence-corrected chi connectivity index (χ4v) is 7.41. The molecule has 9 nitrogen and oxygen atoms in total. The standard InChI is InChI=1S/C47H89N2O7P/c1-3-5-7-9-11-13-15-17-19-21-23-25-27-29-31-33-35-37-39-46(51)45(43-56-57(53,54)55-41-40-48)49-47(52)42-44(50)38-36-34-32-30-28-26-24-22-20-18-16-14-12-10-8-6-4-2/h12,14,16,18,29,31,37,39,44-46,50-51H,3-11,13,15,17,19-28,30,32-36,38,40-43,48H2,1-2H3,(H,49,52)(H,53,54)/b14-12-,18-16-,31-29+,39-37+. The average molecular weight is 825 g/mol. The SMILES string of the molecule is CCCCC/C=C\C=C/CCCCCCCCCCC(O)CC(=O)NC(COP(=O)(O)OCCN)C(O)/C=C/CC/C=C/CCCCCCCCCCCCCC. The molecule has 0 aliphatic carbocycles. The number of nitrogens with two attached hydrogens (primary N) is 1. The zero-order valence-electron chi connectivity index (χ0n) is 36.7. The average Bonchev–Trinajstić information content (AvgIpc) is 3.19. The molecule has 0 aromatic carbocycles. The Morgan fingerprint density at radius 3 is 1.60 bits per heavy atom. The summed E-state index contributed by atoms with van der Waals surface area (Å²) in [5.41, 5.74) is 5.37. The van der Waals surface area contributed by atoms with E-state index in [0.29, 0.717) is 12.8 Å². The van der Waals surface area contributed by atoms with Gasteiger partial charge in [0.05, 0.1) is 37.9 Å². The highest BCUT2D eigenvalue weighted by molar-refractivity contribution is 7.47. The third-order valence-corrected chi connectivity index (χ3v) is 11.2. The molecule has 4 atom stereocenters. The van der Waals surface area contributed by atoms with Crippen LogP contribution in [0.4, 0.5) is 0 Å². The van der Waals surface area contributed by atoms with E-state index in [1.165, 1.54) is 135 Å². The second kappa shape index (κ2) is 42.5. The second-order valence-electron chi connectivity index (χ2n) is 15.8. The Labute approximate surface area is 350 Å². The van der Waals surface area contributed by atoms with Crippen molar-refractivity contribution in [3.63, 3.8) is 0 Å². The lowest BCUT2D eigenvalue weighted by Gasteiger charge is -2.24. The molecule has 0 radical (unpaired) electrons. The molecular formula is C47H89N2O7P. The summed E-state index contributed by atoms with van der Waals surface area (Å²) in [4.78, 5) is 22.8. The molecule has 0 saturated carbocycles. The number of rotatable bonds is 43. The Morgan fingerprint density at radius 1 is 0.614 bits per heavy atom. The second-order valence-corrected chi connectivity index (χ2v) is 17.3. The zero-order chi connectivity index (χ0) is 41.9. The topological polar surface area (TPSA) is 151 Å². The number of carbonyl (C=O) groups excluding carboxylic acids is 1. The largest absolute Gasteiger partial charge is 0.472 e. The molecule has 10 heteroatoms. The quantitative estimate of drug-likeness (QED) is 0.0176. The van der Waals surface area contributed by atoms with Crippen LogP contribution in [0.15, 0.2) is 48.6 Å². The lowest BCUT2D eigenvalue weighted by Crippen LogP contribution is -2.46. The van der Waals surface area contributed by atoms with Gasteiger partial charge in [-0.15, -0.1) is 0 Å². The number of phosphoric ester groups is 1. The Balaban J connectivity index is 4.34. The van der Waals surface area contributed by atoms with E-state index in [0.717, 1.165) is 38.5 Å². The van der Waals surface area contributed by atoms with Crippen molar-refractivity contribution in [3.8, 4) is 0 Å². The van der Waals surface area contributed by atoms with Crippen LogP contribution in [-0.4, -0.2) is 59.0 Å². The molecule has 0 bridgehead atoms. The highest BCUT2D eigenvalue weighted by Crippen LogP contribution is 2.43. The van der Waals surface area contributed by atoms with Gasteiger partial charge in [0.15, 0.2) is 0 Å². The molecule has 0 rings (SSSR count). The van der Waals surface area contributed by atoms with Crippen LogP contribution in [0.25, 0.3) is 0 Å². The van der Waals surface area contributed by atoms with E-state index in [9.17, 15) is 24.5 Å². The Kier molecular flexibility index (Phi) is 41.4. The van der Waals surface area contributed by atoms with Crippen LogP contribution in [-0.2, 0) is 18.4 Å². The van der Waals surface area contributed by atoms with Crippen molar-refractivity contribution in [1.82, 2.24) is 5.32 Å². The van der Waals surface area contributed by atoms with Crippen LogP contribution in [0.3, 0.4) is 0 Å². The first-order valence-corrected chi connectivity index (χ1v) is 24.9. The van der Waals surface area contributed by atoms with Crippen LogP contribution in [0.2, 0.25) is 0 Å². The van der Waals surface area contributed by atoms with Gasteiger partial charge in [-0.2, -0.15) is 0 Å². The Bertz CT molecular complexity index is 1050. The monoisotopic (exact) mass is 825 g/mol. The van der Waals surface area contributed by atoms with E-state index in [-0.39, 0.29) is 19.6 Å². The van der Waals surface area contributed by atoms with Gasteiger partial charge in [-0.25, -0.2) is 4.57 Å². The minimum atomic E-state index is -4.41. The first-order chi connectivity index (χ1) is 27.8. The predicted molar refractivity (Wildman–Crippen MR) is 241 cm³/mol. The molecule has 334 valence electrons. The summed E-state index contributed by atoms with van der Waals surface area (Å²) in [5.74, 6) is -0.460. The zero-order valence-corrected chi connectivity index (χ0v) is 37.6. The first kappa shape index (κ1) is 55.4. The summed E-state index contributed by atoms with van der Waals surface area (Å²) in [6.45, 7) is 3.93. The van der Waals surface area contributed by atoms with E-state index in [1.54, 1.807) is 6.08 Å². The van der Waals surface area contributed by atoms with Crippen LogP contribution >= 0.6 is 7.82 Å². The Morgan fingerprint density at radius 2 is 1.05 bits per heavy atom. The first-order valence-electron chi connectivity index (χ1n) is 23.4. The maximum atomic E-state index is 12.8. The molecule has 4 unspecified atom stereocenters. The Hall–Kier alpha value is -1.58. The molecule has 0 aliphatic heterocycles. The van der Waals surface area contributed by atoms with Crippen LogP contribution in [0.5, 0.6) is 0 Å². The molecule has 0 aromatic heterocycles. The van der Waals surface area contributed by atoms with Gasteiger partial charge in [0, 0.05) is 6.54 Å². The smallest absolute Gasteiger partial charge is 0.393 e. The lowest BCUT2D eigenvalue weighted by atomic mass is 10.0. The van der Waals surface area contributed by atoms with E-state index < -0.39 is 38.6 Å². The number of unbranched alkanes of at least 4 members (excludes halogenated alkanes) is 24. The number of allylic oxidation sites excluding steroid dienone is 7. The summed E-state index contributed by atoms with van der Waals surface area (Å²) in [5, 5.41) is 24.1. The van der Waals surface area contributed by atoms with Crippen molar-refractivity contribution in [2.75, 3.05) is 19.8 Å². The number of nitrogens with one attached hydrogen (secondary N) is 1. The molecule has 0 spiro atoms. The molecule has 6 N–H and O–H groups in total. The van der Waals surface area contributed by atoms with E-state index in [4.69, 9.17) is 14.8 Å². The van der Waals surface area contributed by atoms with Gasteiger partial charge in [-0.05, 0) is 57.8 Å². The summed E-state index contributed by atoms with van der Waals surface area (Å²) < 4.78 is 22.1. The van der Waals surface area contributed by atoms with Crippen molar-refractivity contribution in [2.45, 2.75) is 225 Å². The van der Waals surface area contributed by atoms with Gasteiger partial charge in [-0.3, -0.25) is 13.8 Å². The molecule has 57 heavy (non-hydrogen) atoms. The van der Waals surface area contributed by atoms with Gasteiger partial charge >= 0.3 is 7.82 Å². The van der Waals surface area contributed by atoms with Crippen molar-refractivity contribution < 1.29 is 33.5 Å². The van der Waals surface area contributed by atoms with Gasteiger partial charge < -0.3 is 26.2 Å². The van der Waals surface area contributed by atoms with E-state index >= 15 is 0 Å². The maximum absolute atomic E-state index is 12.8. The summed E-state index contributed by atoms with van der Waals surface area (Å²) in [6, 6.07) is -1.00. The minimum Gasteiger partial charge on any atom is -0.393 e. The van der Waals surface area contributed by atoms with Gasteiger partial charge in [-0.1, -0.05) is 191 Å². The summed E-state index contributed by atoms with van der Waals surface area (Å²) >= 11 is 0. The third-order valence-electron chi connectivity index (χ3n) is 10.2. The highest BCUT2D eigenvalue weighted by atomic mass is 31.2. The maximum Gasteiger partial charge on any atom is 0.472 e. The molecule has 0 aromatic rings. The number of carbonyl (C=O) groups is 1. The number of hydrogen-bond donors (Lipinski definition) is 5. The molecule has 0 saturated heterocycles. The third kappa shape index (κ3) is 41.0. The number of aliphatic hydroxyl groups excluding tert-OH is 2. The van der Waals surface area contributed by atoms with Gasteiger partial charge in [0.2, 0.25) is 5.91 Å². The lowest BCUT2D eigenvalue weighted by molar-refractivity contribution is -0.124. The molecule has 0 heterocycles. The minimum absolute atomic E-state index is 0.0426. The van der Waals surface area contributed by atoms with Crippen molar-refractivity contribution in [1.29, 1.82) is 0 Å². The van der Waals surface area contributed by atoms with Gasteiger partial charge in [0.25, 0.3) is 0 Å². The molecule has 1 amide bonds. The van der Waals surface area contributed by atoms with Gasteiger partial charge in [0.1, 0.15) is 0 Å². The highest BCUT2D eigenvalue weighted by Gasteiger charge is 2.27. The predicted octanol–water partition coefficient (Wildman–Crippen LogP) is 12.3. The summed E-state index contributed by atoms with van der Waals surface area (Å²) in [7, 11) is -4.41. The van der Waals surface area contributed by atoms with E-state index in [2.05, 4.69) is 55.6 Å². The van der Waals surface area contributed by atoms with Crippen LogP contribution < -0.4 is 11.1 Å². The van der Waals surface area contributed by atoms with Crippen LogP contribution in [0.1, 0.15) is 206 Å². The number of aliphatic hydroxyl groups is 2. The molecular weight excluding hydrogens is 735 g/mol. The van der Waals surface area contributed by atoms with Crippen LogP contribution in [0, 0.1) is 0 Å². The molecule has 0 aliphatic rings. The number of amides is 1. The fraction of sp³-hybridized carbons (Fsp3) is 0.809. The van der Waals surface area contributed by atoms with Crippen molar-refractivity contribution in [2.24, 2.45) is 5.73 Å². The summed E-state index contributed by atoms with van der Waals surface area (Å²) in [6.07, 6.45) is 49.1. The van der Waals surface area contributed by atoms with Crippen molar-refractivity contribution >= 4 is 13.7 Å². The normalized spacial score (nSPS) is 15.0. The molecule has 0 fully saturated rings. The van der Waals surface area contributed by atoms with Crippen molar-refractivity contribution in [3.05, 3.63) is 48.6 Å². The number of hydrogen-bond acceptors (Lipinski definition) is 7. The number of phosphoric acid groups is 1.